The minimum Gasteiger partial charge on any atom is -0.508 e. The summed E-state index contributed by atoms with van der Waals surface area (Å²) < 4.78 is 0. The second-order valence-electron chi connectivity index (χ2n) is 5.09. The van der Waals surface area contributed by atoms with Crippen LogP contribution in [0.3, 0.4) is 0 Å². The molecule has 1 aromatic carbocycles. The Kier molecular flexibility index (Phi) is 3.66. The number of amides is 1. The van der Waals surface area contributed by atoms with Crippen molar-refractivity contribution >= 4 is 17.8 Å². The van der Waals surface area contributed by atoms with Crippen LogP contribution in [0.25, 0.3) is 0 Å². The lowest BCUT2D eigenvalue weighted by molar-refractivity contribution is 0.0778. The highest BCUT2D eigenvalue weighted by Gasteiger charge is 2.34. The van der Waals surface area contributed by atoms with Gasteiger partial charge in [-0.25, -0.2) is 0 Å². The van der Waals surface area contributed by atoms with Crippen molar-refractivity contribution in [3.8, 4) is 5.75 Å². The number of benzene rings is 1. The van der Waals surface area contributed by atoms with E-state index in [1.54, 1.807) is 19.1 Å². The van der Waals surface area contributed by atoms with Gasteiger partial charge in [0, 0.05) is 18.8 Å². The molecule has 0 spiro atoms. The number of rotatable bonds is 0. The van der Waals surface area contributed by atoms with Gasteiger partial charge in [0.1, 0.15) is 5.75 Å². The van der Waals surface area contributed by atoms with E-state index in [1.165, 1.54) is 5.57 Å². The molecular formula is C16H20N2O2. The summed E-state index contributed by atoms with van der Waals surface area (Å²) >= 11 is 0. The Labute approximate surface area is 119 Å². The van der Waals surface area contributed by atoms with Crippen LogP contribution in [0.2, 0.25) is 0 Å². The van der Waals surface area contributed by atoms with Gasteiger partial charge >= 0.3 is 0 Å². The number of carbonyl (C=O) groups is 1. The highest BCUT2D eigenvalue weighted by Crippen LogP contribution is 2.34. The van der Waals surface area contributed by atoms with Gasteiger partial charge in [0.25, 0.3) is 5.91 Å². The van der Waals surface area contributed by atoms with Gasteiger partial charge in [-0.15, -0.1) is 0 Å². The number of aromatic hydroxyl groups is 1. The smallest absolute Gasteiger partial charge is 0.256 e. The summed E-state index contributed by atoms with van der Waals surface area (Å²) in [7, 11) is 0. The summed E-state index contributed by atoms with van der Waals surface area (Å²) in [6.07, 6.45) is 4.73. The molecule has 0 aliphatic carbocycles. The fourth-order valence-electron chi connectivity index (χ4n) is 2.63. The molecule has 2 heterocycles. The lowest BCUT2D eigenvalue weighted by Crippen LogP contribution is -2.35. The molecule has 4 nitrogen and oxygen atoms in total. The molecule has 1 saturated heterocycles. The van der Waals surface area contributed by atoms with E-state index in [0.29, 0.717) is 23.4 Å². The van der Waals surface area contributed by atoms with Crippen LogP contribution in [0, 0.1) is 6.92 Å². The molecule has 1 fully saturated rings. The zero-order valence-corrected chi connectivity index (χ0v) is 11.1. The van der Waals surface area contributed by atoms with Gasteiger partial charge in [-0.3, -0.25) is 9.79 Å². The highest BCUT2D eigenvalue weighted by molar-refractivity contribution is 6.03. The van der Waals surface area contributed by atoms with Gasteiger partial charge in [0.05, 0.1) is 17.3 Å². The number of carbonyl (C=O) groups excluding carboxylic acids is 1. The largest absolute Gasteiger partial charge is 0.508 e. The molecule has 0 radical (unpaired) electrons. The van der Waals surface area contributed by atoms with Gasteiger partial charge in [-0.2, -0.15) is 0 Å². The number of phenolic OH excluding ortho intramolecular Hbond substituents is 1. The number of hydrogen-bond donors (Lipinski definition) is 1. The number of allylic oxidation sites excluding steroid dienone is 1. The maximum Gasteiger partial charge on any atom is 0.256 e. The van der Waals surface area contributed by atoms with Crippen molar-refractivity contribution < 1.29 is 9.90 Å². The predicted molar refractivity (Wildman–Crippen MR) is 80.9 cm³/mol. The first-order valence-corrected chi connectivity index (χ1v) is 6.43. The fraction of sp³-hybridized carbons (Fsp3) is 0.375. The number of nitrogens with zero attached hydrogens (tertiary/aromatic N) is 2. The Morgan fingerprint density at radius 3 is 2.90 bits per heavy atom. The minimum atomic E-state index is -0.00236. The lowest BCUT2D eigenvalue weighted by Gasteiger charge is -2.19. The van der Waals surface area contributed by atoms with Gasteiger partial charge in [0.15, 0.2) is 0 Å². The zero-order chi connectivity index (χ0) is 13.6. The van der Waals surface area contributed by atoms with Gasteiger partial charge in [-0.05, 0) is 31.9 Å². The minimum absolute atomic E-state index is 0. The summed E-state index contributed by atoms with van der Waals surface area (Å²) in [5, 5.41) is 9.73. The summed E-state index contributed by atoms with van der Waals surface area (Å²) in [5.41, 5.74) is 3.10. The van der Waals surface area contributed by atoms with Crippen molar-refractivity contribution in [2.45, 2.75) is 33.7 Å². The second kappa shape index (κ2) is 5.12. The Morgan fingerprint density at radius 2 is 2.20 bits per heavy atom. The molecule has 0 saturated carbocycles. The van der Waals surface area contributed by atoms with Gasteiger partial charge < -0.3 is 10.0 Å². The molecule has 0 unspecified atom stereocenters. The molecule has 106 valence electrons. The molecule has 1 aromatic rings. The Bertz CT molecular complexity index is 617. The average Bonchev–Trinajstić information content (AvgIpc) is 2.77. The van der Waals surface area contributed by atoms with Crippen molar-refractivity contribution in [2.75, 3.05) is 6.54 Å². The topological polar surface area (TPSA) is 52.9 Å². The number of phenols is 1. The quantitative estimate of drug-likeness (QED) is 0.737. The molecule has 1 amide bonds. The molecule has 2 aliphatic rings. The summed E-state index contributed by atoms with van der Waals surface area (Å²) in [6, 6.07) is 3.33. The van der Waals surface area contributed by atoms with Crippen LogP contribution in [0.15, 0.2) is 28.8 Å². The lowest BCUT2D eigenvalue weighted by atomic mass is 10.1. The number of hydrogen-bond acceptors (Lipinski definition) is 3. The SMILES string of the molecule is C.C/C=C1\C[C@H]2C=Nc3cc(O)c(C)cc3C(=O)N2C1. The summed E-state index contributed by atoms with van der Waals surface area (Å²) in [5.74, 6) is 0.178. The van der Waals surface area contributed by atoms with Crippen LogP contribution in [0.5, 0.6) is 5.75 Å². The molecule has 1 N–H and O–H groups in total. The first-order valence-electron chi connectivity index (χ1n) is 6.43. The molecule has 0 bridgehead atoms. The van der Waals surface area contributed by atoms with E-state index in [1.807, 2.05) is 18.0 Å². The third kappa shape index (κ3) is 2.11. The van der Waals surface area contributed by atoms with Crippen LogP contribution in [0.4, 0.5) is 5.69 Å². The first kappa shape index (κ1) is 14.3. The van der Waals surface area contributed by atoms with E-state index in [9.17, 15) is 9.90 Å². The van der Waals surface area contributed by atoms with E-state index in [-0.39, 0.29) is 25.1 Å². The van der Waals surface area contributed by atoms with Gasteiger partial charge in [-0.1, -0.05) is 19.1 Å². The van der Waals surface area contributed by atoms with Crippen molar-refractivity contribution in [3.05, 3.63) is 34.9 Å². The van der Waals surface area contributed by atoms with E-state index in [0.717, 1.165) is 6.42 Å². The van der Waals surface area contributed by atoms with E-state index in [2.05, 4.69) is 11.1 Å². The number of aliphatic imine (C=N–C) groups is 1. The van der Waals surface area contributed by atoms with E-state index >= 15 is 0 Å². The predicted octanol–water partition coefficient (Wildman–Crippen LogP) is 3.21. The molecule has 3 rings (SSSR count). The zero-order valence-electron chi connectivity index (χ0n) is 11.1. The molecular weight excluding hydrogens is 252 g/mol. The van der Waals surface area contributed by atoms with Crippen LogP contribution in [-0.2, 0) is 0 Å². The van der Waals surface area contributed by atoms with Crippen molar-refractivity contribution in [1.29, 1.82) is 0 Å². The van der Waals surface area contributed by atoms with Crippen molar-refractivity contribution in [2.24, 2.45) is 4.99 Å². The van der Waals surface area contributed by atoms with Gasteiger partial charge in [0.2, 0.25) is 0 Å². The van der Waals surface area contributed by atoms with Crippen LogP contribution < -0.4 is 0 Å². The normalized spacial score (nSPS) is 22.3. The summed E-state index contributed by atoms with van der Waals surface area (Å²) in [6.45, 7) is 4.46. The maximum absolute atomic E-state index is 12.6. The van der Waals surface area contributed by atoms with Crippen LogP contribution >= 0.6 is 0 Å². The maximum atomic E-state index is 12.6. The summed E-state index contributed by atoms with van der Waals surface area (Å²) in [4.78, 5) is 18.8. The standard InChI is InChI=1S/C15H16N2O2.CH4/c1-3-10-5-11-7-16-13-6-14(18)9(2)4-12(13)15(19)17(11)8-10;/h3-4,6-7,11,18H,5,8H2,1-2H3;1H4/b10-3+;/t11-;/m0./s1. The monoisotopic (exact) mass is 272 g/mol. The third-order valence-corrected chi connectivity index (χ3v) is 3.84. The Morgan fingerprint density at radius 1 is 1.45 bits per heavy atom. The van der Waals surface area contributed by atoms with Crippen molar-refractivity contribution in [1.82, 2.24) is 4.90 Å². The van der Waals surface area contributed by atoms with Crippen LogP contribution in [-0.4, -0.2) is 34.7 Å². The second-order valence-corrected chi connectivity index (χ2v) is 5.09. The fourth-order valence-corrected chi connectivity index (χ4v) is 2.63. The Hall–Kier alpha value is -2.10. The average molecular weight is 272 g/mol. The molecule has 0 aromatic heterocycles. The molecule has 2 aliphatic heterocycles. The molecule has 20 heavy (non-hydrogen) atoms. The van der Waals surface area contributed by atoms with E-state index in [4.69, 9.17) is 0 Å². The number of aryl methyl sites for hydroxylation is 1. The van der Waals surface area contributed by atoms with E-state index < -0.39 is 0 Å². The third-order valence-electron chi connectivity index (χ3n) is 3.84. The number of fused-ring (bicyclic) bond motifs is 2. The Balaban J connectivity index is 0.00000147. The van der Waals surface area contributed by atoms with Crippen molar-refractivity contribution in [3.63, 3.8) is 0 Å². The first-order chi connectivity index (χ1) is 9.10. The molecule has 1 atom stereocenters. The highest BCUT2D eigenvalue weighted by atomic mass is 16.3. The molecule has 4 heteroatoms. The van der Waals surface area contributed by atoms with Crippen LogP contribution in [0.1, 0.15) is 36.7 Å².